The van der Waals surface area contributed by atoms with Gasteiger partial charge in [-0.15, -0.1) is 0 Å². The van der Waals surface area contributed by atoms with Crippen LogP contribution < -0.4 is 11.1 Å². The summed E-state index contributed by atoms with van der Waals surface area (Å²) in [6.07, 6.45) is 3.51. The average molecular weight is 234 g/mol. The molecule has 16 heavy (non-hydrogen) atoms. The van der Waals surface area contributed by atoms with E-state index in [4.69, 9.17) is 5.73 Å². The minimum absolute atomic E-state index is 0.362. The molecule has 0 bridgehead atoms. The molecule has 0 saturated heterocycles. The Bertz CT molecular complexity index is 464. The molecule has 0 saturated carbocycles. The summed E-state index contributed by atoms with van der Waals surface area (Å²) < 4.78 is 4.18. The van der Waals surface area contributed by atoms with Gasteiger partial charge in [-0.3, -0.25) is 4.98 Å². The highest BCUT2D eigenvalue weighted by molar-refractivity contribution is 7.11. The maximum atomic E-state index is 5.89. The zero-order valence-electron chi connectivity index (χ0n) is 9.27. The van der Waals surface area contributed by atoms with E-state index in [1.807, 2.05) is 12.1 Å². The standard InChI is InChI=1S/C11H14N4S/c1-7(2)14-11-9(10(12)15-16-11)8-3-5-13-6-4-8/h3-7,14H,1-2H3,(H2,12,15). The molecule has 0 unspecified atom stereocenters. The van der Waals surface area contributed by atoms with Gasteiger partial charge in [-0.05, 0) is 43.1 Å². The highest BCUT2D eigenvalue weighted by Gasteiger charge is 2.13. The summed E-state index contributed by atoms with van der Waals surface area (Å²) in [5, 5.41) is 4.36. The molecular formula is C11H14N4S. The summed E-state index contributed by atoms with van der Waals surface area (Å²) in [5.74, 6) is 0.569. The number of nitrogen functional groups attached to an aromatic ring is 1. The molecule has 2 heterocycles. The minimum atomic E-state index is 0.362. The Balaban J connectivity index is 2.43. The molecule has 0 aliphatic heterocycles. The lowest BCUT2D eigenvalue weighted by Gasteiger charge is -2.09. The van der Waals surface area contributed by atoms with Crippen molar-refractivity contribution in [2.75, 3.05) is 11.1 Å². The molecule has 2 aromatic heterocycles. The lowest BCUT2D eigenvalue weighted by atomic mass is 10.1. The molecule has 0 aliphatic rings. The first kappa shape index (κ1) is 10.9. The van der Waals surface area contributed by atoms with Gasteiger partial charge in [-0.1, -0.05) is 0 Å². The van der Waals surface area contributed by atoms with E-state index >= 15 is 0 Å². The smallest absolute Gasteiger partial charge is 0.147 e. The van der Waals surface area contributed by atoms with Crippen molar-refractivity contribution < 1.29 is 0 Å². The molecule has 0 aliphatic carbocycles. The van der Waals surface area contributed by atoms with Crippen LogP contribution in [-0.2, 0) is 0 Å². The first-order valence-corrected chi connectivity index (χ1v) is 5.88. The molecule has 5 heteroatoms. The predicted octanol–water partition coefficient (Wildman–Crippen LogP) is 2.61. The van der Waals surface area contributed by atoms with Gasteiger partial charge >= 0.3 is 0 Å². The van der Waals surface area contributed by atoms with E-state index < -0.39 is 0 Å². The highest BCUT2D eigenvalue weighted by Crippen LogP contribution is 2.36. The molecule has 0 aromatic carbocycles. The van der Waals surface area contributed by atoms with E-state index in [1.54, 1.807) is 12.4 Å². The van der Waals surface area contributed by atoms with Crippen molar-refractivity contribution in [1.29, 1.82) is 0 Å². The molecule has 0 atom stereocenters. The fraction of sp³-hybridized carbons (Fsp3) is 0.273. The van der Waals surface area contributed by atoms with Crippen LogP contribution in [0.4, 0.5) is 10.8 Å². The second-order valence-electron chi connectivity index (χ2n) is 3.81. The van der Waals surface area contributed by atoms with Gasteiger partial charge in [0.15, 0.2) is 0 Å². The molecular weight excluding hydrogens is 220 g/mol. The van der Waals surface area contributed by atoms with Crippen LogP contribution in [0.25, 0.3) is 11.1 Å². The number of aromatic nitrogens is 2. The number of nitrogens with two attached hydrogens (primary N) is 1. The van der Waals surface area contributed by atoms with E-state index in [9.17, 15) is 0 Å². The van der Waals surface area contributed by atoms with Gasteiger partial charge in [0.25, 0.3) is 0 Å². The van der Waals surface area contributed by atoms with Crippen LogP contribution in [0.2, 0.25) is 0 Å². The monoisotopic (exact) mass is 234 g/mol. The predicted molar refractivity (Wildman–Crippen MR) is 68.5 cm³/mol. The summed E-state index contributed by atoms with van der Waals surface area (Å²) in [6, 6.07) is 4.23. The van der Waals surface area contributed by atoms with Gasteiger partial charge in [0, 0.05) is 18.4 Å². The second kappa shape index (κ2) is 4.49. The Morgan fingerprint density at radius 1 is 1.31 bits per heavy atom. The Morgan fingerprint density at radius 3 is 2.62 bits per heavy atom. The topological polar surface area (TPSA) is 63.8 Å². The van der Waals surface area contributed by atoms with Crippen LogP contribution in [0, 0.1) is 0 Å². The van der Waals surface area contributed by atoms with Crippen molar-refractivity contribution in [2.24, 2.45) is 0 Å². The summed E-state index contributed by atoms with van der Waals surface area (Å²) in [4.78, 5) is 4.00. The van der Waals surface area contributed by atoms with E-state index in [2.05, 4.69) is 28.5 Å². The van der Waals surface area contributed by atoms with Gasteiger partial charge in [-0.2, -0.15) is 4.37 Å². The van der Waals surface area contributed by atoms with Crippen molar-refractivity contribution in [2.45, 2.75) is 19.9 Å². The van der Waals surface area contributed by atoms with Crippen LogP contribution in [0.3, 0.4) is 0 Å². The van der Waals surface area contributed by atoms with Gasteiger partial charge in [0.2, 0.25) is 0 Å². The molecule has 2 rings (SSSR count). The van der Waals surface area contributed by atoms with Crippen LogP contribution >= 0.6 is 11.5 Å². The average Bonchev–Trinajstić information content (AvgIpc) is 2.60. The first-order chi connectivity index (χ1) is 7.68. The molecule has 0 amide bonds. The van der Waals surface area contributed by atoms with E-state index in [0.717, 1.165) is 16.1 Å². The SMILES string of the molecule is CC(C)Nc1snc(N)c1-c1ccncc1. The number of nitrogens with zero attached hydrogens (tertiary/aromatic N) is 2. The van der Waals surface area contributed by atoms with Crippen LogP contribution in [0.1, 0.15) is 13.8 Å². The van der Waals surface area contributed by atoms with E-state index in [-0.39, 0.29) is 0 Å². The van der Waals surface area contributed by atoms with Gasteiger partial charge in [0.1, 0.15) is 10.8 Å². The summed E-state index contributed by atoms with van der Waals surface area (Å²) in [6.45, 7) is 4.18. The summed E-state index contributed by atoms with van der Waals surface area (Å²) in [5.41, 5.74) is 7.91. The zero-order valence-corrected chi connectivity index (χ0v) is 10.1. The molecule has 0 spiro atoms. The molecule has 4 nitrogen and oxygen atoms in total. The number of anilines is 2. The zero-order chi connectivity index (χ0) is 11.5. The van der Waals surface area contributed by atoms with Crippen LogP contribution in [-0.4, -0.2) is 15.4 Å². The maximum absolute atomic E-state index is 5.89. The van der Waals surface area contributed by atoms with Gasteiger partial charge < -0.3 is 11.1 Å². The fourth-order valence-electron chi connectivity index (χ4n) is 1.46. The lowest BCUT2D eigenvalue weighted by Crippen LogP contribution is -2.09. The molecule has 0 radical (unpaired) electrons. The second-order valence-corrected chi connectivity index (χ2v) is 4.58. The number of hydrogen-bond donors (Lipinski definition) is 2. The van der Waals surface area contributed by atoms with Crippen LogP contribution in [0.5, 0.6) is 0 Å². The van der Waals surface area contributed by atoms with Crippen molar-refractivity contribution in [3.63, 3.8) is 0 Å². The minimum Gasteiger partial charge on any atom is -0.382 e. The van der Waals surface area contributed by atoms with Gasteiger partial charge in [0.05, 0.1) is 5.56 Å². The molecule has 3 N–H and O–H groups in total. The number of pyridine rings is 1. The van der Waals surface area contributed by atoms with Crippen LogP contribution in [0.15, 0.2) is 24.5 Å². The third-order valence-corrected chi connectivity index (χ3v) is 2.90. The molecule has 84 valence electrons. The molecule has 2 aromatic rings. The Morgan fingerprint density at radius 2 is 2.00 bits per heavy atom. The normalized spacial score (nSPS) is 10.7. The van der Waals surface area contributed by atoms with E-state index in [0.29, 0.717) is 11.9 Å². The quantitative estimate of drug-likeness (QED) is 0.856. The highest BCUT2D eigenvalue weighted by atomic mass is 32.1. The maximum Gasteiger partial charge on any atom is 0.147 e. The van der Waals surface area contributed by atoms with Crippen molar-refractivity contribution >= 4 is 22.4 Å². The number of hydrogen-bond acceptors (Lipinski definition) is 5. The first-order valence-electron chi connectivity index (χ1n) is 5.10. The van der Waals surface area contributed by atoms with Crippen molar-refractivity contribution in [3.05, 3.63) is 24.5 Å². The number of rotatable bonds is 3. The third kappa shape index (κ3) is 2.14. The summed E-state index contributed by atoms with van der Waals surface area (Å²) in [7, 11) is 0. The van der Waals surface area contributed by atoms with Crippen molar-refractivity contribution in [3.8, 4) is 11.1 Å². The summed E-state index contributed by atoms with van der Waals surface area (Å²) >= 11 is 1.39. The number of nitrogens with one attached hydrogen (secondary N) is 1. The molecule has 0 fully saturated rings. The Kier molecular flexibility index (Phi) is 3.05. The largest absolute Gasteiger partial charge is 0.382 e. The fourth-order valence-corrected chi connectivity index (χ4v) is 2.34. The Hall–Kier alpha value is -1.62. The van der Waals surface area contributed by atoms with Crippen molar-refractivity contribution in [1.82, 2.24) is 9.36 Å². The third-order valence-electron chi connectivity index (χ3n) is 2.11. The Labute approximate surface area is 98.7 Å². The van der Waals surface area contributed by atoms with Gasteiger partial charge in [-0.25, -0.2) is 0 Å². The van der Waals surface area contributed by atoms with E-state index in [1.165, 1.54) is 11.5 Å². The lowest BCUT2D eigenvalue weighted by molar-refractivity contribution is 0.905.